The highest BCUT2D eigenvalue weighted by Crippen LogP contribution is 2.16. The van der Waals surface area contributed by atoms with Gasteiger partial charge in [-0.3, -0.25) is 0 Å². The van der Waals surface area contributed by atoms with Gasteiger partial charge in [-0.25, -0.2) is 14.4 Å². The van der Waals surface area contributed by atoms with Crippen LogP contribution in [0.1, 0.15) is 5.69 Å². The van der Waals surface area contributed by atoms with Crippen LogP contribution in [0.15, 0.2) is 36.7 Å². The molecule has 17 heavy (non-hydrogen) atoms. The zero-order valence-electron chi connectivity index (χ0n) is 8.72. The van der Waals surface area contributed by atoms with Gasteiger partial charge in [0.15, 0.2) is 0 Å². The lowest BCUT2D eigenvalue weighted by Crippen LogP contribution is -2.12. The highest BCUT2D eigenvalue weighted by Gasteiger charge is 2.03. The van der Waals surface area contributed by atoms with Crippen molar-refractivity contribution in [1.29, 1.82) is 0 Å². The molecule has 2 rings (SSSR count). The topological polar surface area (TPSA) is 63.8 Å². The SMILES string of the molecule is NC(=S)c1cnc(Nc2ccccc2F)cn1. The van der Waals surface area contributed by atoms with Crippen molar-refractivity contribution in [2.45, 2.75) is 0 Å². The summed E-state index contributed by atoms with van der Waals surface area (Å²) in [5, 5.41) is 2.81. The van der Waals surface area contributed by atoms with Gasteiger partial charge in [-0.05, 0) is 12.1 Å². The predicted molar refractivity (Wildman–Crippen MR) is 67.6 cm³/mol. The minimum absolute atomic E-state index is 0.176. The van der Waals surface area contributed by atoms with E-state index in [1.165, 1.54) is 18.5 Å². The van der Waals surface area contributed by atoms with Crippen LogP contribution in [-0.4, -0.2) is 15.0 Å². The molecule has 0 aliphatic carbocycles. The van der Waals surface area contributed by atoms with Crippen molar-refractivity contribution < 1.29 is 4.39 Å². The number of halogens is 1. The number of hydrogen-bond acceptors (Lipinski definition) is 4. The van der Waals surface area contributed by atoms with Crippen molar-refractivity contribution in [1.82, 2.24) is 9.97 Å². The molecule has 0 amide bonds. The Morgan fingerprint density at radius 3 is 2.59 bits per heavy atom. The molecule has 1 aromatic carbocycles. The summed E-state index contributed by atoms with van der Waals surface area (Å²) in [6.45, 7) is 0. The normalized spacial score (nSPS) is 9.94. The number of aromatic nitrogens is 2. The third kappa shape index (κ3) is 2.73. The molecular weight excluding hydrogens is 239 g/mol. The van der Waals surface area contributed by atoms with E-state index in [1.54, 1.807) is 18.2 Å². The van der Waals surface area contributed by atoms with E-state index in [0.29, 0.717) is 17.2 Å². The van der Waals surface area contributed by atoms with Gasteiger partial charge >= 0.3 is 0 Å². The minimum Gasteiger partial charge on any atom is -0.388 e. The summed E-state index contributed by atoms with van der Waals surface area (Å²) < 4.78 is 13.3. The number of para-hydroxylation sites is 1. The van der Waals surface area contributed by atoms with Gasteiger partial charge in [-0.1, -0.05) is 24.4 Å². The summed E-state index contributed by atoms with van der Waals surface area (Å²) in [6.07, 6.45) is 2.88. The fourth-order valence-corrected chi connectivity index (χ4v) is 1.33. The number of nitrogens with two attached hydrogens (primary N) is 1. The van der Waals surface area contributed by atoms with Crippen LogP contribution >= 0.6 is 12.2 Å². The van der Waals surface area contributed by atoms with Crippen LogP contribution in [0.3, 0.4) is 0 Å². The molecule has 0 fully saturated rings. The van der Waals surface area contributed by atoms with Gasteiger partial charge in [0.25, 0.3) is 0 Å². The lowest BCUT2D eigenvalue weighted by Gasteiger charge is -2.06. The molecule has 0 bridgehead atoms. The summed E-state index contributed by atoms with van der Waals surface area (Å²) in [4.78, 5) is 8.19. The number of thiocarbonyl (C=S) groups is 1. The Kier molecular flexibility index (Phi) is 3.24. The summed E-state index contributed by atoms with van der Waals surface area (Å²) in [5.74, 6) is 0.0721. The molecule has 3 N–H and O–H groups in total. The molecule has 0 atom stereocenters. The molecule has 0 saturated heterocycles. The van der Waals surface area contributed by atoms with E-state index >= 15 is 0 Å². The Hall–Kier alpha value is -2.08. The van der Waals surface area contributed by atoms with E-state index in [-0.39, 0.29) is 10.8 Å². The monoisotopic (exact) mass is 248 g/mol. The summed E-state index contributed by atoms with van der Waals surface area (Å²) in [6, 6.07) is 6.31. The number of nitrogens with one attached hydrogen (secondary N) is 1. The maximum absolute atomic E-state index is 13.3. The molecule has 0 saturated carbocycles. The molecule has 0 aliphatic heterocycles. The molecule has 1 aromatic heterocycles. The van der Waals surface area contributed by atoms with Gasteiger partial charge in [-0.2, -0.15) is 0 Å². The van der Waals surface area contributed by atoms with Gasteiger partial charge in [-0.15, -0.1) is 0 Å². The van der Waals surface area contributed by atoms with Gasteiger partial charge in [0, 0.05) is 0 Å². The maximum Gasteiger partial charge on any atom is 0.148 e. The lowest BCUT2D eigenvalue weighted by molar-refractivity contribution is 0.632. The van der Waals surface area contributed by atoms with Gasteiger partial charge < -0.3 is 11.1 Å². The highest BCUT2D eigenvalue weighted by atomic mass is 32.1. The minimum atomic E-state index is -0.354. The molecule has 0 radical (unpaired) electrons. The van der Waals surface area contributed by atoms with Crippen LogP contribution in [0.25, 0.3) is 0 Å². The number of benzene rings is 1. The Bertz CT molecular complexity index is 541. The van der Waals surface area contributed by atoms with E-state index in [0.717, 1.165) is 0 Å². The van der Waals surface area contributed by atoms with Crippen molar-refractivity contribution in [2.24, 2.45) is 5.73 Å². The van der Waals surface area contributed by atoms with Gasteiger partial charge in [0.2, 0.25) is 0 Å². The summed E-state index contributed by atoms with van der Waals surface area (Å²) in [5.41, 5.74) is 6.16. The molecule has 0 spiro atoms. The van der Waals surface area contributed by atoms with Crippen LogP contribution in [0.4, 0.5) is 15.9 Å². The van der Waals surface area contributed by atoms with Crippen LogP contribution < -0.4 is 11.1 Å². The Morgan fingerprint density at radius 2 is 2.00 bits per heavy atom. The number of anilines is 2. The van der Waals surface area contributed by atoms with Gasteiger partial charge in [0.05, 0.1) is 18.1 Å². The Morgan fingerprint density at radius 1 is 1.24 bits per heavy atom. The van der Waals surface area contributed by atoms with Crippen molar-refractivity contribution in [2.75, 3.05) is 5.32 Å². The van der Waals surface area contributed by atoms with Crippen molar-refractivity contribution in [3.63, 3.8) is 0 Å². The number of hydrogen-bond donors (Lipinski definition) is 2. The molecule has 2 aromatic rings. The fourth-order valence-electron chi connectivity index (χ4n) is 1.22. The smallest absolute Gasteiger partial charge is 0.148 e. The standard InChI is InChI=1S/C11H9FN4S/c12-7-3-1-2-4-8(7)16-10-6-14-9(5-15-10)11(13)17/h1-6H,(H2,13,17)(H,15,16). The third-order valence-corrected chi connectivity index (χ3v) is 2.25. The molecule has 1 heterocycles. The summed E-state index contributed by atoms with van der Waals surface area (Å²) in [7, 11) is 0. The average Bonchev–Trinajstić information content (AvgIpc) is 2.33. The fraction of sp³-hybridized carbons (Fsp3) is 0. The number of rotatable bonds is 3. The number of nitrogens with zero attached hydrogens (tertiary/aromatic N) is 2. The first-order valence-corrected chi connectivity index (χ1v) is 5.21. The Labute approximate surface area is 103 Å². The Balaban J connectivity index is 2.20. The van der Waals surface area contributed by atoms with Gasteiger partial charge in [0.1, 0.15) is 22.3 Å². The third-order valence-electron chi connectivity index (χ3n) is 2.04. The zero-order chi connectivity index (χ0) is 12.3. The maximum atomic E-state index is 13.3. The van der Waals surface area contributed by atoms with Crippen LogP contribution in [0, 0.1) is 5.82 Å². The quantitative estimate of drug-likeness (QED) is 0.813. The van der Waals surface area contributed by atoms with E-state index in [9.17, 15) is 4.39 Å². The molecule has 0 unspecified atom stereocenters. The van der Waals surface area contributed by atoms with Crippen molar-refractivity contribution in [3.8, 4) is 0 Å². The summed E-state index contributed by atoms with van der Waals surface area (Å²) >= 11 is 4.75. The van der Waals surface area contributed by atoms with E-state index < -0.39 is 0 Å². The first-order chi connectivity index (χ1) is 8.16. The second-order valence-electron chi connectivity index (χ2n) is 3.26. The van der Waals surface area contributed by atoms with E-state index in [4.69, 9.17) is 18.0 Å². The lowest BCUT2D eigenvalue weighted by atomic mass is 10.3. The first-order valence-electron chi connectivity index (χ1n) is 4.80. The second kappa shape index (κ2) is 4.84. The molecular formula is C11H9FN4S. The molecule has 6 heteroatoms. The molecule has 86 valence electrons. The average molecular weight is 248 g/mol. The zero-order valence-corrected chi connectivity index (χ0v) is 9.54. The van der Waals surface area contributed by atoms with E-state index in [1.807, 2.05) is 0 Å². The van der Waals surface area contributed by atoms with Crippen molar-refractivity contribution in [3.05, 3.63) is 48.2 Å². The van der Waals surface area contributed by atoms with Crippen LogP contribution in [0.2, 0.25) is 0 Å². The first kappa shape index (κ1) is 11.4. The second-order valence-corrected chi connectivity index (χ2v) is 3.70. The molecule has 0 aliphatic rings. The largest absolute Gasteiger partial charge is 0.388 e. The van der Waals surface area contributed by atoms with Crippen LogP contribution in [0.5, 0.6) is 0 Å². The van der Waals surface area contributed by atoms with E-state index in [2.05, 4.69) is 15.3 Å². The van der Waals surface area contributed by atoms with Crippen LogP contribution in [-0.2, 0) is 0 Å². The predicted octanol–water partition coefficient (Wildman–Crippen LogP) is 1.99. The van der Waals surface area contributed by atoms with Crippen molar-refractivity contribution >= 4 is 28.7 Å². The molecule has 4 nitrogen and oxygen atoms in total. The highest BCUT2D eigenvalue weighted by molar-refractivity contribution is 7.80.